The molecule has 0 saturated heterocycles. The molecule has 1 aromatic carbocycles. The second kappa shape index (κ2) is 7.91. The highest BCUT2D eigenvalue weighted by molar-refractivity contribution is 6.07. The zero-order chi connectivity index (χ0) is 20.3. The van der Waals surface area contributed by atoms with E-state index in [1.165, 1.54) is 5.56 Å². The van der Waals surface area contributed by atoms with Crippen LogP contribution in [0.4, 0.5) is 17.2 Å². The van der Waals surface area contributed by atoms with Crippen LogP contribution < -0.4 is 16.0 Å². The first kappa shape index (κ1) is 18.9. The maximum atomic E-state index is 12.9. The zero-order valence-corrected chi connectivity index (χ0v) is 16.7. The zero-order valence-electron chi connectivity index (χ0n) is 16.7. The third-order valence-electron chi connectivity index (χ3n) is 5.33. The Morgan fingerprint density at radius 1 is 1.14 bits per heavy atom. The van der Waals surface area contributed by atoms with Gasteiger partial charge in [0.2, 0.25) is 0 Å². The van der Waals surface area contributed by atoms with E-state index in [1.807, 2.05) is 24.3 Å². The number of pyridine rings is 2. The molecule has 1 aliphatic heterocycles. The van der Waals surface area contributed by atoms with Gasteiger partial charge in [-0.25, -0.2) is 4.98 Å². The van der Waals surface area contributed by atoms with E-state index in [-0.39, 0.29) is 11.3 Å². The van der Waals surface area contributed by atoms with Crippen molar-refractivity contribution in [2.75, 3.05) is 22.5 Å². The van der Waals surface area contributed by atoms with Crippen molar-refractivity contribution in [2.24, 2.45) is 0 Å². The number of nitrogens with zero attached hydrogens (tertiary/aromatic N) is 2. The summed E-state index contributed by atoms with van der Waals surface area (Å²) in [7, 11) is 0. The van der Waals surface area contributed by atoms with E-state index in [0.29, 0.717) is 17.9 Å². The minimum atomic E-state index is -0.189. The summed E-state index contributed by atoms with van der Waals surface area (Å²) in [6, 6.07) is 13.5. The molecule has 0 saturated carbocycles. The van der Waals surface area contributed by atoms with Crippen LogP contribution in [0.2, 0.25) is 0 Å². The number of hydrogen-bond acceptors (Lipinski definition) is 5. The van der Waals surface area contributed by atoms with Gasteiger partial charge in [0.05, 0.1) is 5.56 Å². The fourth-order valence-corrected chi connectivity index (χ4v) is 3.62. The predicted molar refractivity (Wildman–Crippen MR) is 116 cm³/mol. The monoisotopic (exact) mass is 387 g/mol. The van der Waals surface area contributed by atoms with Crippen LogP contribution in [0.3, 0.4) is 0 Å². The van der Waals surface area contributed by atoms with Gasteiger partial charge in [-0.1, -0.05) is 19.9 Å². The summed E-state index contributed by atoms with van der Waals surface area (Å²) in [5.74, 6) is 0.365. The summed E-state index contributed by atoms with van der Waals surface area (Å²) in [5.41, 5.74) is 4.84. The first-order valence-corrected chi connectivity index (χ1v) is 9.80. The lowest BCUT2D eigenvalue weighted by Gasteiger charge is -2.33. The van der Waals surface area contributed by atoms with Crippen molar-refractivity contribution < 1.29 is 4.79 Å². The number of carbonyl (C=O) groups is 1. The predicted octanol–water partition coefficient (Wildman–Crippen LogP) is 4.43. The molecular formula is C23H25N5O. The summed E-state index contributed by atoms with van der Waals surface area (Å²) in [6.45, 7) is 6.00. The summed E-state index contributed by atoms with van der Waals surface area (Å²) in [5, 5.41) is 9.69. The average Bonchev–Trinajstić information content (AvgIpc) is 2.73. The van der Waals surface area contributed by atoms with Gasteiger partial charge in [-0.05, 0) is 59.4 Å². The minimum absolute atomic E-state index is 0.135. The van der Waals surface area contributed by atoms with Crippen LogP contribution in [-0.4, -0.2) is 22.4 Å². The number of rotatable bonds is 5. The largest absolute Gasteiger partial charge is 0.385 e. The standard InChI is InChI=1S/C23H25N5O/c1-23(2)9-13-25-20-14-17(5-6-19(20)23)28-22(29)18-4-3-10-26-21(18)27-15-16-7-11-24-12-8-16/h3-8,10-12,14,25H,9,13,15H2,1-2H3,(H,26,27)(H,28,29). The summed E-state index contributed by atoms with van der Waals surface area (Å²) in [4.78, 5) is 21.3. The third kappa shape index (κ3) is 4.21. The van der Waals surface area contributed by atoms with Crippen molar-refractivity contribution in [3.8, 4) is 0 Å². The van der Waals surface area contributed by atoms with Crippen molar-refractivity contribution in [2.45, 2.75) is 32.2 Å². The average molecular weight is 387 g/mol. The van der Waals surface area contributed by atoms with E-state index in [2.05, 4.69) is 45.8 Å². The minimum Gasteiger partial charge on any atom is -0.385 e. The molecule has 0 atom stereocenters. The first-order chi connectivity index (χ1) is 14.0. The van der Waals surface area contributed by atoms with Gasteiger partial charge < -0.3 is 16.0 Å². The van der Waals surface area contributed by atoms with Gasteiger partial charge in [0.15, 0.2) is 0 Å². The van der Waals surface area contributed by atoms with Crippen LogP contribution >= 0.6 is 0 Å². The highest BCUT2D eigenvalue weighted by Gasteiger charge is 2.27. The molecule has 3 aromatic rings. The molecule has 6 nitrogen and oxygen atoms in total. The first-order valence-electron chi connectivity index (χ1n) is 9.80. The Morgan fingerprint density at radius 2 is 1.97 bits per heavy atom. The van der Waals surface area contributed by atoms with E-state index in [0.717, 1.165) is 29.9 Å². The van der Waals surface area contributed by atoms with Crippen LogP contribution in [0.1, 0.15) is 41.8 Å². The number of aromatic nitrogens is 2. The van der Waals surface area contributed by atoms with E-state index >= 15 is 0 Å². The molecule has 2 aromatic heterocycles. The van der Waals surface area contributed by atoms with Gasteiger partial charge in [0.25, 0.3) is 5.91 Å². The quantitative estimate of drug-likeness (QED) is 0.603. The Labute approximate surface area is 170 Å². The lowest BCUT2D eigenvalue weighted by Crippen LogP contribution is -2.28. The topological polar surface area (TPSA) is 78.9 Å². The van der Waals surface area contributed by atoms with Gasteiger partial charge >= 0.3 is 0 Å². The fourth-order valence-electron chi connectivity index (χ4n) is 3.62. The van der Waals surface area contributed by atoms with Crippen molar-refractivity contribution in [3.05, 3.63) is 77.7 Å². The lowest BCUT2D eigenvalue weighted by atomic mass is 9.78. The highest BCUT2D eigenvalue weighted by atomic mass is 16.1. The molecule has 0 unspecified atom stereocenters. The summed E-state index contributed by atoms with van der Waals surface area (Å²) >= 11 is 0. The molecule has 3 N–H and O–H groups in total. The molecule has 4 rings (SSSR count). The molecule has 0 spiro atoms. The Kier molecular flexibility index (Phi) is 5.16. The van der Waals surface area contributed by atoms with Crippen LogP contribution in [0.25, 0.3) is 0 Å². The smallest absolute Gasteiger partial charge is 0.259 e. The molecule has 29 heavy (non-hydrogen) atoms. The number of hydrogen-bond donors (Lipinski definition) is 3. The number of fused-ring (bicyclic) bond motifs is 1. The van der Waals surface area contributed by atoms with E-state index in [4.69, 9.17) is 0 Å². The van der Waals surface area contributed by atoms with Gasteiger partial charge in [-0.2, -0.15) is 0 Å². The fraction of sp³-hybridized carbons (Fsp3) is 0.261. The maximum Gasteiger partial charge on any atom is 0.259 e. The Balaban J connectivity index is 1.51. The molecule has 6 heteroatoms. The molecular weight excluding hydrogens is 362 g/mol. The number of anilines is 3. The summed E-state index contributed by atoms with van der Waals surface area (Å²) < 4.78 is 0. The molecule has 3 heterocycles. The van der Waals surface area contributed by atoms with E-state index < -0.39 is 0 Å². The van der Waals surface area contributed by atoms with Crippen molar-refractivity contribution >= 4 is 23.1 Å². The van der Waals surface area contributed by atoms with Gasteiger partial charge in [-0.15, -0.1) is 0 Å². The maximum absolute atomic E-state index is 12.9. The number of carbonyl (C=O) groups excluding carboxylic acids is 1. The Bertz CT molecular complexity index is 1020. The van der Waals surface area contributed by atoms with Gasteiger partial charge in [0.1, 0.15) is 5.82 Å². The number of amides is 1. The SMILES string of the molecule is CC1(C)CCNc2cc(NC(=O)c3cccnc3NCc3ccncc3)ccc21. The summed E-state index contributed by atoms with van der Waals surface area (Å²) in [6.07, 6.45) is 6.26. The van der Waals surface area contributed by atoms with E-state index in [1.54, 1.807) is 30.7 Å². The van der Waals surface area contributed by atoms with Crippen LogP contribution in [0.15, 0.2) is 61.1 Å². The Morgan fingerprint density at radius 3 is 2.79 bits per heavy atom. The van der Waals surface area contributed by atoms with Crippen molar-refractivity contribution in [1.82, 2.24) is 9.97 Å². The molecule has 1 aliphatic rings. The third-order valence-corrected chi connectivity index (χ3v) is 5.33. The number of benzene rings is 1. The normalized spacial score (nSPS) is 14.4. The van der Waals surface area contributed by atoms with Crippen LogP contribution in [0.5, 0.6) is 0 Å². The second-order valence-electron chi connectivity index (χ2n) is 7.88. The Hall–Kier alpha value is -3.41. The molecule has 0 fully saturated rings. The van der Waals surface area contributed by atoms with Crippen molar-refractivity contribution in [3.63, 3.8) is 0 Å². The van der Waals surface area contributed by atoms with E-state index in [9.17, 15) is 4.79 Å². The van der Waals surface area contributed by atoms with Crippen molar-refractivity contribution in [1.29, 1.82) is 0 Å². The second-order valence-corrected chi connectivity index (χ2v) is 7.88. The molecule has 0 bridgehead atoms. The molecule has 0 aliphatic carbocycles. The molecule has 0 radical (unpaired) electrons. The van der Waals surface area contributed by atoms with Gasteiger partial charge in [-0.3, -0.25) is 9.78 Å². The van der Waals surface area contributed by atoms with Crippen LogP contribution in [-0.2, 0) is 12.0 Å². The number of nitrogens with one attached hydrogen (secondary N) is 3. The lowest BCUT2D eigenvalue weighted by molar-refractivity contribution is 0.102. The molecule has 1 amide bonds. The van der Waals surface area contributed by atoms with Crippen LogP contribution in [0, 0.1) is 0 Å². The van der Waals surface area contributed by atoms with Gasteiger partial charge in [0, 0.05) is 43.1 Å². The molecule has 148 valence electrons. The highest BCUT2D eigenvalue weighted by Crippen LogP contribution is 2.37.